The molecule has 4 fully saturated rings. The van der Waals surface area contributed by atoms with Crippen molar-refractivity contribution in [1.82, 2.24) is 0 Å². The third-order valence-corrected chi connectivity index (χ3v) is 5.11. The van der Waals surface area contributed by atoms with Gasteiger partial charge in [0, 0.05) is 0 Å². The Morgan fingerprint density at radius 2 is 1.88 bits per heavy atom. The summed E-state index contributed by atoms with van der Waals surface area (Å²) in [7, 11) is 1.42. The van der Waals surface area contributed by atoms with Gasteiger partial charge in [0.25, 0.3) is 0 Å². The molecule has 0 saturated heterocycles. The van der Waals surface area contributed by atoms with Gasteiger partial charge in [-0.3, -0.25) is 0 Å². The molecule has 2 atom stereocenters. The van der Waals surface area contributed by atoms with E-state index in [0.717, 1.165) is 5.92 Å². The van der Waals surface area contributed by atoms with Crippen LogP contribution in [0.2, 0.25) is 0 Å². The van der Waals surface area contributed by atoms with Crippen LogP contribution in [0, 0.1) is 23.2 Å². The molecule has 0 aliphatic heterocycles. The lowest BCUT2D eigenvalue weighted by molar-refractivity contribution is -0.171. The maximum atomic E-state index is 11.2. The molecule has 0 radical (unpaired) electrons. The van der Waals surface area contributed by atoms with Gasteiger partial charge < -0.3 is 9.47 Å². The molecule has 2 unspecified atom stereocenters. The molecule has 0 aromatic rings. The standard InChI is InChI=1S/C14H22O3/c1-14-5-9-3-10(6-14)13(11(4-9)7-14)17-8-12(15)16-2/h9-11,13H,3-8H2,1-2H3. The van der Waals surface area contributed by atoms with Gasteiger partial charge in [-0.1, -0.05) is 6.92 Å². The summed E-state index contributed by atoms with van der Waals surface area (Å²) in [5.74, 6) is 2.06. The maximum Gasteiger partial charge on any atom is 0.331 e. The third kappa shape index (κ3) is 1.99. The van der Waals surface area contributed by atoms with Crippen molar-refractivity contribution in [3.63, 3.8) is 0 Å². The molecule has 0 aromatic carbocycles. The van der Waals surface area contributed by atoms with Gasteiger partial charge in [-0.05, 0) is 55.3 Å². The fourth-order valence-corrected chi connectivity index (χ4v) is 4.88. The molecule has 3 nitrogen and oxygen atoms in total. The van der Waals surface area contributed by atoms with Crippen LogP contribution in [-0.4, -0.2) is 25.8 Å². The van der Waals surface area contributed by atoms with Crippen LogP contribution in [0.1, 0.15) is 39.0 Å². The maximum absolute atomic E-state index is 11.2. The number of esters is 1. The highest BCUT2D eigenvalue weighted by molar-refractivity contribution is 5.70. The van der Waals surface area contributed by atoms with Gasteiger partial charge in [-0.2, -0.15) is 0 Å². The van der Waals surface area contributed by atoms with Crippen LogP contribution in [0.3, 0.4) is 0 Å². The first kappa shape index (κ1) is 11.5. The van der Waals surface area contributed by atoms with E-state index in [4.69, 9.17) is 4.74 Å². The molecule has 4 rings (SSSR count). The predicted molar refractivity (Wildman–Crippen MR) is 63.4 cm³/mol. The van der Waals surface area contributed by atoms with E-state index < -0.39 is 0 Å². The SMILES string of the molecule is COC(=O)COC1C2CC3CC1CC(C)(C3)C2. The summed E-state index contributed by atoms with van der Waals surface area (Å²) in [5, 5.41) is 0. The fraction of sp³-hybridized carbons (Fsp3) is 0.929. The summed E-state index contributed by atoms with van der Waals surface area (Å²) < 4.78 is 10.5. The molecule has 0 heterocycles. The molecule has 3 heteroatoms. The minimum Gasteiger partial charge on any atom is -0.467 e. The Morgan fingerprint density at radius 1 is 1.24 bits per heavy atom. The highest BCUT2D eigenvalue weighted by Crippen LogP contribution is 2.60. The molecule has 96 valence electrons. The summed E-state index contributed by atoms with van der Waals surface area (Å²) in [6.45, 7) is 2.57. The quantitative estimate of drug-likeness (QED) is 0.708. The van der Waals surface area contributed by atoms with Gasteiger partial charge in [0.05, 0.1) is 13.2 Å². The molecule has 0 amide bonds. The van der Waals surface area contributed by atoms with E-state index in [0.29, 0.717) is 23.4 Å². The van der Waals surface area contributed by atoms with Crippen LogP contribution in [-0.2, 0) is 14.3 Å². The number of hydrogen-bond donors (Lipinski definition) is 0. The van der Waals surface area contributed by atoms with Crippen molar-refractivity contribution in [3.8, 4) is 0 Å². The largest absolute Gasteiger partial charge is 0.467 e. The van der Waals surface area contributed by atoms with Crippen LogP contribution in [0.5, 0.6) is 0 Å². The predicted octanol–water partition coefficient (Wildman–Crippen LogP) is 2.39. The zero-order valence-electron chi connectivity index (χ0n) is 10.8. The number of methoxy groups -OCH3 is 1. The van der Waals surface area contributed by atoms with Gasteiger partial charge in [-0.15, -0.1) is 0 Å². The Balaban J connectivity index is 1.66. The van der Waals surface area contributed by atoms with Gasteiger partial charge in [0.15, 0.2) is 0 Å². The third-order valence-electron chi connectivity index (χ3n) is 5.11. The van der Waals surface area contributed by atoms with Crippen LogP contribution < -0.4 is 0 Å². The number of carbonyl (C=O) groups excluding carboxylic acids is 1. The zero-order valence-corrected chi connectivity index (χ0v) is 10.8. The molecular formula is C14H22O3. The number of hydrogen-bond acceptors (Lipinski definition) is 3. The van der Waals surface area contributed by atoms with Gasteiger partial charge in [-0.25, -0.2) is 4.79 Å². The van der Waals surface area contributed by atoms with Crippen molar-refractivity contribution < 1.29 is 14.3 Å². The first-order valence-corrected chi connectivity index (χ1v) is 6.78. The minimum absolute atomic E-state index is 0.134. The van der Waals surface area contributed by atoms with Crippen molar-refractivity contribution in [2.24, 2.45) is 23.2 Å². The molecule has 0 spiro atoms. The van der Waals surface area contributed by atoms with Crippen molar-refractivity contribution in [2.45, 2.75) is 45.1 Å². The monoisotopic (exact) mass is 238 g/mol. The van der Waals surface area contributed by atoms with E-state index in [1.54, 1.807) is 0 Å². The van der Waals surface area contributed by atoms with Gasteiger partial charge in [0.2, 0.25) is 0 Å². The van der Waals surface area contributed by atoms with Crippen LogP contribution >= 0.6 is 0 Å². The Morgan fingerprint density at radius 3 is 2.41 bits per heavy atom. The summed E-state index contributed by atoms with van der Waals surface area (Å²) >= 11 is 0. The average Bonchev–Trinajstić information content (AvgIpc) is 2.25. The van der Waals surface area contributed by atoms with E-state index >= 15 is 0 Å². The normalized spacial score (nSPS) is 47.2. The zero-order chi connectivity index (χ0) is 12.0. The van der Waals surface area contributed by atoms with E-state index in [1.807, 2.05) is 0 Å². The van der Waals surface area contributed by atoms with Gasteiger partial charge in [0.1, 0.15) is 6.61 Å². The molecular weight excluding hydrogens is 216 g/mol. The second-order valence-corrected chi connectivity index (χ2v) is 6.63. The van der Waals surface area contributed by atoms with Crippen molar-refractivity contribution in [2.75, 3.05) is 13.7 Å². The Kier molecular flexibility index (Phi) is 2.69. The highest BCUT2D eigenvalue weighted by Gasteiger charge is 2.53. The van der Waals surface area contributed by atoms with Crippen LogP contribution in [0.15, 0.2) is 0 Å². The summed E-state index contributed by atoms with van der Waals surface area (Å²) in [5.41, 5.74) is 0.571. The van der Waals surface area contributed by atoms with E-state index in [1.165, 1.54) is 39.2 Å². The number of ether oxygens (including phenoxy) is 2. The average molecular weight is 238 g/mol. The van der Waals surface area contributed by atoms with Crippen LogP contribution in [0.4, 0.5) is 0 Å². The van der Waals surface area contributed by atoms with Crippen molar-refractivity contribution in [1.29, 1.82) is 0 Å². The van der Waals surface area contributed by atoms with Crippen molar-refractivity contribution in [3.05, 3.63) is 0 Å². The number of rotatable bonds is 3. The first-order chi connectivity index (χ1) is 8.09. The Hall–Kier alpha value is -0.570. The topological polar surface area (TPSA) is 35.5 Å². The second kappa shape index (κ2) is 3.98. The van der Waals surface area contributed by atoms with E-state index in [9.17, 15) is 4.79 Å². The summed E-state index contributed by atoms with van der Waals surface area (Å²) in [6.07, 6.45) is 6.97. The van der Waals surface area contributed by atoms with Crippen molar-refractivity contribution >= 4 is 5.97 Å². The Labute approximate surface area is 103 Å². The van der Waals surface area contributed by atoms with Gasteiger partial charge >= 0.3 is 5.97 Å². The van der Waals surface area contributed by atoms with E-state index in [2.05, 4.69) is 11.7 Å². The van der Waals surface area contributed by atoms with Crippen LogP contribution in [0.25, 0.3) is 0 Å². The highest BCUT2D eigenvalue weighted by atomic mass is 16.6. The molecule has 4 saturated carbocycles. The number of carbonyl (C=O) groups is 1. The molecule has 4 bridgehead atoms. The summed E-state index contributed by atoms with van der Waals surface area (Å²) in [6, 6.07) is 0. The molecule has 0 N–H and O–H groups in total. The first-order valence-electron chi connectivity index (χ1n) is 6.78. The lowest BCUT2D eigenvalue weighted by Gasteiger charge is -2.58. The lowest BCUT2D eigenvalue weighted by Crippen LogP contribution is -2.53. The minimum atomic E-state index is -0.245. The molecule has 17 heavy (non-hydrogen) atoms. The fourth-order valence-electron chi connectivity index (χ4n) is 4.88. The second-order valence-electron chi connectivity index (χ2n) is 6.63. The molecule has 4 aliphatic carbocycles. The molecule has 4 aliphatic rings. The van der Waals surface area contributed by atoms with E-state index in [-0.39, 0.29) is 12.6 Å². The smallest absolute Gasteiger partial charge is 0.331 e. The molecule has 0 aromatic heterocycles. The Bertz CT molecular complexity index is 309. The lowest BCUT2D eigenvalue weighted by atomic mass is 9.49. The summed E-state index contributed by atoms with van der Waals surface area (Å²) in [4.78, 5) is 11.2.